The molecule has 0 bridgehead atoms. The molecule has 0 saturated carbocycles. The number of thiocarbonyl (C=S) groups is 1. The quantitative estimate of drug-likeness (QED) is 0.801. The molecule has 27 heavy (non-hydrogen) atoms. The molecule has 0 spiro atoms. The molecule has 1 N–H and O–H groups in total. The molecule has 1 saturated heterocycles. The first-order valence-electron chi connectivity index (χ1n) is 9.63. The molecular formula is C21H30N4OS. The third kappa shape index (κ3) is 4.68. The Balaban J connectivity index is 1.60. The molecule has 0 atom stereocenters. The molecule has 0 amide bonds. The second kappa shape index (κ2) is 8.40. The Morgan fingerprint density at radius 2 is 1.78 bits per heavy atom. The van der Waals surface area contributed by atoms with Gasteiger partial charge in [0.2, 0.25) is 0 Å². The monoisotopic (exact) mass is 386 g/mol. The lowest BCUT2D eigenvalue weighted by Gasteiger charge is -2.25. The third-order valence-electron chi connectivity index (χ3n) is 5.52. The van der Waals surface area contributed by atoms with E-state index in [1.807, 2.05) is 13.8 Å². The molecule has 146 valence electrons. The van der Waals surface area contributed by atoms with Gasteiger partial charge in [-0.05, 0) is 76.0 Å². The Labute approximate surface area is 167 Å². The van der Waals surface area contributed by atoms with Crippen molar-refractivity contribution in [3.05, 3.63) is 45.8 Å². The van der Waals surface area contributed by atoms with Crippen LogP contribution in [0.1, 0.15) is 40.1 Å². The number of hydrogen-bond acceptors (Lipinski definition) is 4. The van der Waals surface area contributed by atoms with Crippen LogP contribution in [0, 0.1) is 34.6 Å². The summed E-state index contributed by atoms with van der Waals surface area (Å²) in [7, 11) is 0. The maximum Gasteiger partial charge on any atom is 0.173 e. The van der Waals surface area contributed by atoms with Crippen LogP contribution >= 0.6 is 12.2 Å². The van der Waals surface area contributed by atoms with Crippen LogP contribution in [0.15, 0.2) is 16.7 Å². The average molecular weight is 387 g/mol. The van der Waals surface area contributed by atoms with Crippen LogP contribution < -0.4 is 5.32 Å². The van der Waals surface area contributed by atoms with E-state index in [-0.39, 0.29) is 0 Å². The number of aromatic nitrogens is 1. The third-order valence-corrected chi connectivity index (χ3v) is 5.88. The van der Waals surface area contributed by atoms with Crippen LogP contribution in [0.3, 0.4) is 0 Å². The number of rotatable bonds is 3. The van der Waals surface area contributed by atoms with Gasteiger partial charge in [-0.2, -0.15) is 0 Å². The summed E-state index contributed by atoms with van der Waals surface area (Å²) in [5.74, 6) is 0.927. The van der Waals surface area contributed by atoms with Crippen LogP contribution in [0.25, 0.3) is 0 Å². The van der Waals surface area contributed by atoms with Gasteiger partial charge >= 0.3 is 0 Å². The molecule has 1 aliphatic heterocycles. The summed E-state index contributed by atoms with van der Waals surface area (Å²) in [5.41, 5.74) is 7.15. The first-order valence-corrected chi connectivity index (χ1v) is 10.0. The van der Waals surface area contributed by atoms with Crippen LogP contribution in [-0.2, 0) is 6.54 Å². The maximum atomic E-state index is 5.72. The highest BCUT2D eigenvalue weighted by atomic mass is 32.1. The van der Waals surface area contributed by atoms with Crippen molar-refractivity contribution in [2.75, 3.05) is 31.5 Å². The molecule has 2 aromatic rings. The molecular weight excluding hydrogens is 356 g/mol. The number of nitrogens with one attached hydrogen (secondary N) is 1. The van der Waals surface area contributed by atoms with Crippen molar-refractivity contribution in [2.24, 2.45) is 0 Å². The summed E-state index contributed by atoms with van der Waals surface area (Å²) in [4.78, 5) is 4.76. The van der Waals surface area contributed by atoms with Gasteiger partial charge in [0.1, 0.15) is 5.76 Å². The van der Waals surface area contributed by atoms with Crippen LogP contribution in [-0.4, -0.2) is 46.2 Å². The summed E-state index contributed by atoms with van der Waals surface area (Å²) in [5, 5.41) is 8.36. The van der Waals surface area contributed by atoms with Gasteiger partial charge in [0.15, 0.2) is 5.11 Å². The smallest absolute Gasteiger partial charge is 0.173 e. The molecule has 3 rings (SSSR count). The van der Waals surface area contributed by atoms with Crippen molar-refractivity contribution >= 4 is 23.0 Å². The number of benzene rings is 1. The molecule has 1 fully saturated rings. The van der Waals surface area contributed by atoms with E-state index in [1.54, 1.807) is 0 Å². The van der Waals surface area contributed by atoms with Crippen LogP contribution in [0.5, 0.6) is 0 Å². The van der Waals surface area contributed by atoms with E-state index in [2.05, 4.69) is 53.2 Å². The summed E-state index contributed by atoms with van der Waals surface area (Å²) in [6.07, 6.45) is 1.09. The normalized spacial score (nSPS) is 15.7. The SMILES string of the molecule is Cc1cc(C)c(NC(=S)N2CCCN(Cc3c(C)noc3C)CC2)cc1C. The molecule has 1 aromatic carbocycles. The fourth-order valence-electron chi connectivity index (χ4n) is 3.57. The summed E-state index contributed by atoms with van der Waals surface area (Å²) < 4.78 is 5.31. The predicted molar refractivity (Wildman–Crippen MR) is 114 cm³/mol. The minimum absolute atomic E-state index is 0.820. The Hall–Kier alpha value is -1.92. The first-order chi connectivity index (χ1) is 12.8. The summed E-state index contributed by atoms with van der Waals surface area (Å²) in [6, 6.07) is 4.41. The van der Waals surface area contributed by atoms with Crippen molar-refractivity contribution in [1.82, 2.24) is 15.0 Å². The van der Waals surface area contributed by atoms with E-state index < -0.39 is 0 Å². The lowest BCUT2D eigenvalue weighted by Crippen LogP contribution is -2.38. The summed E-state index contributed by atoms with van der Waals surface area (Å²) in [6.45, 7) is 15.3. The van der Waals surface area contributed by atoms with E-state index in [4.69, 9.17) is 16.7 Å². The van der Waals surface area contributed by atoms with Crippen LogP contribution in [0.2, 0.25) is 0 Å². The minimum Gasteiger partial charge on any atom is -0.361 e. The fourth-order valence-corrected chi connectivity index (χ4v) is 3.87. The molecule has 0 unspecified atom stereocenters. The zero-order valence-corrected chi connectivity index (χ0v) is 17.9. The van der Waals surface area contributed by atoms with E-state index in [1.165, 1.54) is 22.3 Å². The van der Waals surface area contributed by atoms with E-state index in [0.29, 0.717) is 0 Å². The van der Waals surface area contributed by atoms with Gasteiger partial charge in [0.05, 0.1) is 5.69 Å². The van der Waals surface area contributed by atoms with Gasteiger partial charge in [-0.3, -0.25) is 4.90 Å². The van der Waals surface area contributed by atoms with E-state index in [9.17, 15) is 0 Å². The van der Waals surface area contributed by atoms with Crippen molar-refractivity contribution < 1.29 is 4.52 Å². The molecule has 2 heterocycles. The topological polar surface area (TPSA) is 44.5 Å². The average Bonchev–Trinajstić information content (AvgIpc) is 2.82. The number of nitrogens with zero attached hydrogens (tertiary/aromatic N) is 3. The highest BCUT2D eigenvalue weighted by molar-refractivity contribution is 7.80. The van der Waals surface area contributed by atoms with Crippen molar-refractivity contribution in [1.29, 1.82) is 0 Å². The standard InChI is InChI=1S/C21H30N4OS/c1-14-11-16(3)20(12-15(14)2)22-21(27)25-8-6-7-24(9-10-25)13-19-17(4)23-26-18(19)5/h11-12H,6-10,13H2,1-5H3,(H,22,27). The van der Waals surface area contributed by atoms with Gasteiger partial charge in [-0.1, -0.05) is 11.2 Å². The van der Waals surface area contributed by atoms with Crippen molar-refractivity contribution in [2.45, 2.75) is 47.6 Å². The molecule has 1 aliphatic rings. The van der Waals surface area contributed by atoms with Crippen molar-refractivity contribution in [3.63, 3.8) is 0 Å². The van der Waals surface area contributed by atoms with Crippen LogP contribution in [0.4, 0.5) is 5.69 Å². The Morgan fingerprint density at radius 3 is 2.48 bits per heavy atom. The second-order valence-corrected chi connectivity index (χ2v) is 7.99. The first kappa shape index (κ1) is 19.8. The van der Waals surface area contributed by atoms with Gasteiger partial charge in [0.25, 0.3) is 0 Å². The van der Waals surface area contributed by atoms with Gasteiger partial charge < -0.3 is 14.7 Å². The number of hydrogen-bond donors (Lipinski definition) is 1. The lowest BCUT2D eigenvalue weighted by atomic mass is 10.1. The Morgan fingerprint density at radius 1 is 1.04 bits per heavy atom. The molecule has 0 aliphatic carbocycles. The minimum atomic E-state index is 0.820. The van der Waals surface area contributed by atoms with E-state index in [0.717, 1.165) is 61.4 Å². The molecule has 6 heteroatoms. The van der Waals surface area contributed by atoms with Crippen molar-refractivity contribution in [3.8, 4) is 0 Å². The predicted octanol–water partition coefficient (Wildman–Crippen LogP) is 4.12. The maximum absolute atomic E-state index is 5.72. The largest absolute Gasteiger partial charge is 0.361 e. The van der Waals surface area contributed by atoms with E-state index >= 15 is 0 Å². The Bertz CT molecular complexity index is 810. The fraction of sp³-hybridized carbons (Fsp3) is 0.524. The zero-order chi connectivity index (χ0) is 19.6. The lowest BCUT2D eigenvalue weighted by molar-refractivity contribution is 0.275. The van der Waals surface area contributed by atoms with Gasteiger partial charge in [-0.15, -0.1) is 0 Å². The highest BCUT2D eigenvalue weighted by Gasteiger charge is 2.20. The zero-order valence-electron chi connectivity index (χ0n) is 17.1. The number of aryl methyl sites for hydroxylation is 5. The molecule has 1 aromatic heterocycles. The second-order valence-electron chi connectivity index (χ2n) is 7.60. The summed E-state index contributed by atoms with van der Waals surface area (Å²) >= 11 is 5.72. The highest BCUT2D eigenvalue weighted by Crippen LogP contribution is 2.21. The molecule has 0 radical (unpaired) electrons. The Kier molecular flexibility index (Phi) is 6.17. The van der Waals surface area contributed by atoms with Gasteiger partial charge in [0, 0.05) is 44.0 Å². The van der Waals surface area contributed by atoms with Gasteiger partial charge in [-0.25, -0.2) is 0 Å². The molecule has 5 nitrogen and oxygen atoms in total. The number of anilines is 1.